The quantitative estimate of drug-likeness (QED) is 0.879. The Morgan fingerprint density at radius 3 is 2.52 bits per heavy atom. The summed E-state index contributed by atoms with van der Waals surface area (Å²) in [7, 11) is 0. The molecule has 0 bridgehead atoms. The van der Waals surface area contributed by atoms with Crippen LogP contribution in [-0.2, 0) is 6.42 Å². The van der Waals surface area contributed by atoms with E-state index in [0.29, 0.717) is 6.04 Å². The van der Waals surface area contributed by atoms with Crippen molar-refractivity contribution in [3.63, 3.8) is 0 Å². The molecule has 0 saturated heterocycles. The van der Waals surface area contributed by atoms with Crippen LogP contribution in [0.5, 0.6) is 0 Å². The molecule has 0 aliphatic rings. The van der Waals surface area contributed by atoms with Crippen LogP contribution in [0.3, 0.4) is 0 Å². The second kappa shape index (κ2) is 6.90. The first-order valence-electron chi connectivity index (χ1n) is 7.97. The first-order valence-corrected chi connectivity index (χ1v) is 7.97. The molecule has 0 aliphatic carbocycles. The van der Waals surface area contributed by atoms with E-state index in [0.717, 1.165) is 30.7 Å². The number of aromatic nitrogens is 1. The summed E-state index contributed by atoms with van der Waals surface area (Å²) in [5, 5.41) is 1.19. The molecule has 2 N–H and O–H groups in total. The van der Waals surface area contributed by atoms with Crippen LogP contribution in [0, 0.1) is 0 Å². The van der Waals surface area contributed by atoms with E-state index in [4.69, 9.17) is 10.7 Å². The molecule has 0 fully saturated rings. The molecule has 1 aromatic carbocycles. The topological polar surface area (TPSA) is 42.1 Å². The molecule has 0 saturated carbocycles. The third kappa shape index (κ3) is 3.53. The van der Waals surface area contributed by atoms with Gasteiger partial charge in [0.15, 0.2) is 0 Å². The van der Waals surface area contributed by atoms with E-state index in [9.17, 15) is 0 Å². The lowest BCUT2D eigenvalue weighted by Gasteiger charge is -2.29. The van der Waals surface area contributed by atoms with Crippen LogP contribution in [0.15, 0.2) is 30.3 Å². The maximum absolute atomic E-state index is 6.19. The zero-order valence-corrected chi connectivity index (χ0v) is 13.6. The largest absolute Gasteiger partial charge is 0.354 e. The fourth-order valence-electron chi connectivity index (χ4n) is 2.73. The fraction of sp³-hybridized carbons (Fsp3) is 0.500. The van der Waals surface area contributed by atoms with Crippen LogP contribution in [-0.4, -0.2) is 23.6 Å². The van der Waals surface area contributed by atoms with Crippen molar-refractivity contribution in [1.82, 2.24) is 4.98 Å². The van der Waals surface area contributed by atoms with E-state index in [1.807, 2.05) is 6.07 Å². The summed E-state index contributed by atoms with van der Waals surface area (Å²) in [6.07, 6.45) is 1.87. The summed E-state index contributed by atoms with van der Waals surface area (Å²) in [5.41, 5.74) is 8.51. The van der Waals surface area contributed by atoms with Gasteiger partial charge in [-0.3, -0.25) is 0 Å². The lowest BCUT2D eigenvalue weighted by atomic mass is 10.0. The molecule has 1 heterocycles. The van der Waals surface area contributed by atoms with Crippen LogP contribution >= 0.6 is 0 Å². The monoisotopic (exact) mass is 285 g/mol. The second-order valence-corrected chi connectivity index (χ2v) is 5.92. The number of benzene rings is 1. The van der Waals surface area contributed by atoms with Gasteiger partial charge in [-0.1, -0.05) is 25.1 Å². The van der Waals surface area contributed by atoms with Gasteiger partial charge in [-0.05, 0) is 51.3 Å². The standard InChI is InChI=1S/C18H27N3/c1-5-16(19)12-15-11-14-9-7-8-10-17(14)20-18(15)21(6-2)13(3)4/h7-11,13,16H,5-6,12,19H2,1-4H3. The van der Waals surface area contributed by atoms with Crippen LogP contribution < -0.4 is 10.6 Å². The van der Waals surface area contributed by atoms with Gasteiger partial charge in [0.2, 0.25) is 0 Å². The number of anilines is 1. The first kappa shape index (κ1) is 15.8. The highest BCUT2D eigenvalue weighted by Crippen LogP contribution is 2.26. The summed E-state index contributed by atoms with van der Waals surface area (Å²) in [4.78, 5) is 7.28. The van der Waals surface area contributed by atoms with Gasteiger partial charge in [0.05, 0.1) is 5.52 Å². The minimum atomic E-state index is 0.192. The number of rotatable bonds is 6. The lowest BCUT2D eigenvalue weighted by Crippen LogP contribution is -2.33. The van der Waals surface area contributed by atoms with E-state index in [1.165, 1.54) is 10.9 Å². The Labute approximate surface area is 128 Å². The van der Waals surface area contributed by atoms with Crippen molar-refractivity contribution < 1.29 is 0 Å². The fourth-order valence-corrected chi connectivity index (χ4v) is 2.73. The van der Waals surface area contributed by atoms with Crippen LogP contribution in [0.2, 0.25) is 0 Å². The summed E-state index contributed by atoms with van der Waals surface area (Å²) < 4.78 is 0. The average Bonchev–Trinajstić information content (AvgIpc) is 2.47. The molecule has 0 amide bonds. The van der Waals surface area contributed by atoms with Crippen LogP contribution in [0.1, 0.15) is 39.7 Å². The van der Waals surface area contributed by atoms with Crippen molar-refractivity contribution in [2.45, 2.75) is 52.6 Å². The SMILES string of the molecule is CCC(N)Cc1cc2ccccc2nc1N(CC)C(C)C. The van der Waals surface area contributed by atoms with Crippen molar-refractivity contribution in [3.05, 3.63) is 35.9 Å². The van der Waals surface area contributed by atoms with Crippen molar-refractivity contribution in [3.8, 4) is 0 Å². The molecule has 2 rings (SSSR count). The predicted octanol–water partition coefficient (Wildman–Crippen LogP) is 3.75. The summed E-state index contributed by atoms with van der Waals surface area (Å²) in [6, 6.07) is 11.2. The first-order chi connectivity index (χ1) is 10.1. The van der Waals surface area contributed by atoms with Crippen molar-refractivity contribution in [2.75, 3.05) is 11.4 Å². The van der Waals surface area contributed by atoms with Gasteiger partial charge in [0.1, 0.15) is 5.82 Å². The van der Waals surface area contributed by atoms with Gasteiger partial charge in [0.25, 0.3) is 0 Å². The summed E-state index contributed by atoms with van der Waals surface area (Å²) >= 11 is 0. The van der Waals surface area contributed by atoms with Gasteiger partial charge >= 0.3 is 0 Å². The molecule has 1 atom stereocenters. The van der Waals surface area contributed by atoms with Crippen molar-refractivity contribution in [1.29, 1.82) is 0 Å². The van der Waals surface area contributed by atoms with E-state index in [-0.39, 0.29) is 6.04 Å². The average molecular weight is 285 g/mol. The highest BCUT2D eigenvalue weighted by molar-refractivity contribution is 5.82. The minimum absolute atomic E-state index is 0.192. The third-order valence-electron chi connectivity index (χ3n) is 4.02. The minimum Gasteiger partial charge on any atom is -0.354 e. The number of nitrogens with zero attached hydrogens (tertiary/aromatic N) is 2. The lowest BCUT2D eigenvalue weighted by molar-refractivity contribution is 0.635. The maximum Gasteiger partial charge on any atom is 0.132 e. The molecule has 21 heavy (non-hydrogen) atoms. The van der Waals surface area contributed by atoms with Gasteiger partial charge in [-0.2, -0.15) is 0 Å². The van der Waals surface area contributed by atoms with Crippen LogP contribution in [0.25, 0.3) is 10.9 Å². The Morgan fingerprint density at radius 2 is 1.90 bits per heavy atom. The Hall–Kier alpha value is -1.61. The molecule has 0 spiro atoms. The zero-order chi connectivity index (χ0) is 15.4. The van der Waals surface area contributed by atoms with E-state index < -0.39 is 0 Å². The Kier molecular flexibility index (Phi) is 5.18. The number of nitrogens with two attached hydrogens (primary N) is 1. The highest BCUT2D eigenvalue weighted by Gasteiger charge is 2.17. The molecule has 114 valence electrons. The molecule has 1 aromatic heterocycles. The van der Waals surface area contributed by atoms with E-state index >= 15 is 0 Å². The number of para-hydroxylation sites is 1. The van der Waals surface area contributed by atoms with Crippen molar-refractivity contribution in [2.24, 2.45) is 5.73 Å². The third-order valence-corrected chi connectivity index (χ3v) is 4.02. The van der Waals surface area contributed by atoms with Gasteiger partial charge in [0, 0.05) is 24.0 Å². The highest BCUT2D eigenvalue weighted by atomic mass is 15.2. The Morgan fingerprint density at radius 1 is 1.19 bits per heavy atom. The van der Waals surface area contributed by atoms with Gasteiger partial charge < -0.3 is 10.6 Å². The summed E-state index contributed by atoms with van der Waals surface area (Å²) in [6.45, 7) is 9.70. The van der Waals surface area contributed by atoms with E-state index in [1.54, 1.807) is 0 Å². The molecule has 2 aromatic rings. The summed E-state index contributed by atoms with van der Waals surface area (Å²) in [5.74, 6) is 1.09. The molecule has 0 aliphatic heterocycles. The van der Waals surface area contributed by atoms with Crippen molar-refractivity contribution >= 4 is 16.7 Å². The number of hydrogen-bond acceptors (Lipinski definition) is 3. The second-order valence-electron chi connectivity index (χ2n) is 5.92. The van der Waals surface area contributed by atoms with Crippen LogP contribution in [0.4, 0.5) is 5.82 Å². The smallest absolute Gasteiger partial charge is 0.132 e. The zero-order valence-electron chi connectivity index (χ0n) is 13.6. The number of fused-ring (bicyclic) bond motifs is 1. The number of hydrogen-bond donors (Lipinski definition) is 1. The number of pyridine rings is 1. The molecule has 1 unspecified atom stereocenters. The predicted molar refractivity (Wildman–Crippen MR) is 91.9 cm³/mol. The molecule has 0 radical (unpaired) electrons. The molecule has 3 heteroatoms. The normalized spacial score (nSPS) is 12.9. The van der Waals surface area contributed by atoms with E-state index in [2.05, 4.69) is 56.9 Å². The molecular formula is C18H27N3. The maximum atomic E-state index is 6.19. The van der Waals surface area contributed by atoms with Gasteiger partial charge in [-0.15, -0.1) is 0 Å². The molecular weight excluding hydrogens is 258 g/mol. The molecule has 3 nitrogen and oxygen atoms in total. The van der Waals surface area contributed by atoms with Gasteiger partial charge in [-0.25, -0.2) is 4.98 Å². The Bertz CT molecular complexity index is 592. The Balaban J connectivity index is 2.55.